The van der Waals surface area contributed by atoms with Gasteiger partial charge in [-0.2, -0.15) is 0 Å². The first kappa shape index (κ1) is 36.6. The summed E-state index contributed by atoms with van der Waals surface area (Å²) in [5, 5.41) is 0. The highest BCUT2D eigenvalue weighted by atomic mass is 16.5. The second kappa shape index (κ2) is 19.5. The number of carbonyl (C=O) groups is 2. The standard InChI is InChI=1S/C42H52N2O4/c1-33(37-23-13-7-14-24-37)43(31-35-19-9-5-10-20-35)39(29-41(45)47-3)27-17-18-28-40(30-42(46)48-4)44(32-36-21-11-6-12-22-36)34(2)38-25-15-8-16-26-38/h5-16,19-26,33-34,39-40H,17-18,27-32H2,1-4H3/t33-,34+,39?,40?. The fourth-order valence-electron chi connectivity index (χ4n) is 6.68. The van der Waals surface area contributed by atoms with Gasteiger partial charge in [-0.15, -0.1) is 0 Å². The lowest BCUT2D eigenvalue weighted by Crippen LogP contribution is -2.39. The summed E-state index contributed by atoms with van der Waals surface area (Å²) in [6.45, 7) is 5.90. The van der Waals surface area contributed by atoms with E-state index in [4.69, 9.17) is 9.47 Å². The maximum Gasteiger partial charge on any atom is 0.307 e. The highest BCUT2D eigenvalue weighted by molar-refractivity contribution is 5.70. The number of ether oxygens (including phenoxy) is 2. The fourth-order valence-corrected chi connectivity index (χ4v) is 6.68. The number of unbranched alkanes of at least 4 members (excludes halogenated alkanes) is 1. The minimum Gasteiger partial charge on any atom is -0.469 e. The second-order valence-corrected chi connectivity index (χ2v) is 12.6. The molecule has 0 aromatic heterocycles. The van der Waals surface area contributed by atoms with Crippen molar-refractivity contribution in [2.45, 2.75) is 89.6 Å². The third-order valence-electron chi connectivity index (χ3n) is 9.50. The van der Waals surface area contributed by atoms with Gasteiger partial charge < -0.3 is 9.47 Å². The van der Waals surface area contributed by atoms with E-state index < -0.39 is 0 Å². The monoisotopic (exact) mass is 648 g/mol. The Bertz CT molecular complexity index is 1370. The summed E-state index contributed by atoms with van der Waals surface area (Å²) in [5.41, 5.74) is 4.85. The molecule has 2 unspecified atom stereocenters. The Morgan fingerprint density at radius 1 is 0.521 bits per heavy atom. The minimum absolute atomic E-state index is 0.0180. The fraction of sp³-hybridized carbons (Fsp3) is 0.381. The van der Waals surface area contributed by atoms with Crippen LogP contribution in [0.3, 0.4) is 0 Å². The van der Waals surface area contributed by atoms with E-state index in [9.17, 15) is 9.59 Å². The molecule has 48 heavy (non-hydrogen) atoms. The van der Waals surface area contributed by atoms with E-state index >= 15 is 0 Å². The summed E-state index contributed by atoms with van der Waals surface area (Å²) in [6, 6.07) is 42.0. The molecule has 0 fully saturated rings. The average molecular weight is 649 g/mol. The van der Waals surface area contributed by atoms with Crippen LogP contribution in [0.2, 0.25) is 0 Å². The van der Waals surface area contributed by atoms with Gasteiger partial charge in [-0.3, -0.25) is 19.4 Å². The number of benzene rings is 4. The van der Waals surface area contributed by atoms with Crippen LogP contribution in [0.15, 0.2) is 121 Å². The van der Waals surface area contributed by atoms with Gasteiger partial charge in [-0.05, 0) is 48.9 Å². The van der Waals surface area contributed by atoms with Crippen LogP contribution < -0.4 is 0 Å². The summed E-state index contributed by atoms with van der Waals surface area (Å²) < 4.78 is 10.4. The molecule has 0 bridgehead atoms. The Kier molecular flexibility index (Phi) is 14.9. The van der Waals surface area contributed by atoms with Crippen molar-refractivity contribution in [2.75, 3.05) is 14.2 Å². The molecule has 4 rings (SSSR count). The molecule has 0 heterocycles. The SMILES string of the molecule is COC(=O)CC(CCCCC(CC(=O)OC)N(Cc1ccccc1)[C@@H](C)c1ccccc1)N(Cc1ccccc1)[C@H](C)c1ccccc1. The smallest absolute Gasteiger partial charge is 0.307 e. The van der Waals surface area contributed by atoms with Crippen molar-refractivity contribution in [2.24, 2.45) is 0 Å². The van der Waals surface area contributed by atoms with Crippen LogP contribution in [0.25, 0.3) is 0 Å². The second-order valence-electron chi connectivity index (χ2n) is 12.6. The van der Waals surface area contributed by atoms with Crippen LogP contribution in [0.1, 0.15) is 86.7 Å². The van der Waals surface area contributed by atoms with Crippen LogP contribution in [-0.2, 0) is 32.2 Å². The van der Waals surface area contributed by atoms with Gasteiger partial charge in [0.1, 0.15) is 0 Å². The Hall–Kier alpha value is -4.26. The van der Waals surface area contributed by atoms with Gasteiger partial charge in [0.15, 0.2) is 0 Å². The maximum atomic E-state index is 12.8. The van der Waals surface area contributed by atoms with Gasteiger partial charge in [-0.1, -0.05) is 134 Å². The predicted molar refractivity (Wildman–Crippen MR) is 193 cm³/mol. The van der Waals surface area contributed by atoms with Crippen molar-refractivity contribution in [1.82, 2.24) is 9.80 Å². The first-order valence-corrected chi connectivity index (χ1v) is 17.2. The Labute approximate surface area is 287 Å². The molecular weight excluding hydrogens is 596 g/mol. The molecule has 4 atom stereocenters. The molecule has 0 radical (unpaired) electrons. The van der Waals surface area contributed by atoms with Crippen LogP contribution in [-0.4, -0.2) is 48.0 Å². The van der Waals surface area contributed by atoms with Gasteiger partial charge in [0.2, 0.25) is 0 Å². The Morgan fingerprint density at radius 2 is 0.833 bits per heavy atom. The van der Waals surface area contributed by atoms with Gasteiger partial charge in [-0.25, -0.2) is 0 Å². The summed E-state index contributed by atoms with van der Waals surface area (Å²) in [7, 11) is 2.93. The third-order valence-corrected chi connectivity index (χ3v) is 9.50. The van der Waals surface area contributed by atoms with Crippen molar-refractivity contribution in [3.63, 3.8) is 0 Å². The van der Waals surface area contributed by atoms with Crippen molar-refractivity contribution >= 4 is 11.9 Å². The molecule has 254 valence electrons. The van der Waals surface area contributed by atoms with Crippen LogP contribution >= 0.6 is 0 Å². The van der Waals surface area contributed by atoms with Gasteiger partial charge in [0.05, 0.1) is 27.1 Å². The number of hydrogen-bond acceptors (Lipinski definition) is 6. The highest BCUT2D eigenvalue weighted by Crippen LogP contribution is 2.31. The lowest BCUT2D eigenvalue weighted by Gasteiger charge is -2.38. The zero-order valence-electron chi connectivity index (χ0n) is 29.0. The lowest BCUT2D eigenvalue weighted by atomic mass is 9.95. The number of esters is 2. The molecule has 0 aliphatic heterocycles. The summed E-state index contributed by atoms with van der Waals surface area (Å²) in [5.74, 6) is -0.403. The van der Waals surface area contributed by atoms with E-state index in [1.165, 1.54) is 36.5 Å². The molecule has 6 heteroatoms. The number of rotatable bonds is 19. The van der Waals surface area contributed by atoms with Crippen LogP contribution in [0, 0.1) is 0 Å². The molecule has 0 spiro atoms. The number of methoxy groups -OCH3 is 2. The maximum absolute atomic E-state index is 12.8. The van der Waals surface area contributed by atoms with Crippen molar-refractivity contribution in [3.8, 4) is 0 Å². The molecule has 0 amide bonds. The predicted octanol–water partition coefficient (Wildman–Crippen LogP) is 8.94. The third kappa shape index (κ3) is 11.2. The number of hydrogen-bond donors (Lipinski definition) is 0. The minimum atomic E-state index is -0.201. The lowest BCUT2D eigenvalue weighted by molar-refractivity contribution is -0.143. The Morgan fingerprint density at radius 3 is 1.15 bits per heavy atom. The van der Waals surface area contributed by atoms with E-state index in [1.807, 2.05) is 24.3 Å². The molecular formula is C42H52N2O4. The number of nitrogens with zero attached hydrogens (tertiary/aromatic N) is 2. The molecule has 6 nitrogen and oxygen atoms in total. The van der Waals surface area contributed by atoms with E-state index in [2.05, 4.69) is 121 Å². The van der Waals surface area contributed by atoms with Crippen molar-refractivity contribution in [1.29, 1.82) is 0 Å². The summed E-state index contributed by atoms with van der Waals surface area (Å²) in [6.07, 6.45) is 4.11. The number of carbonyl (C=O) groups excluding carboxylic acids is 2. The zero-order chi connectivity index (χ0) is 34.1. The topological polar surface area (TPSA) is 59.1 Å². The molecule has 4 aromatic carbocycles. The van der Waals surface area contributed by atoms with Gasteiger partial charge >= 0.3 is 11.9 Å². The van der Waals surface area contributed by atoms with Crippen LogP contribution in [0.5, 0.6) is 0 Å². The molecule has 0 aliphatic rings. The van der Waals surface area contributed by atoms with E-state index in [-0.39, 0.29) is 36.1 Å². The summed E-state index contributed by atoms with van der Waals surface area (Å²) >= 11 is 0. The molecule has 0 saturated heterocycles. The molecule has 0 aliphatic carbocycles. The normalized spacial score (nSPS) is 13.9. The van der Waals surface area contributed by atoms with E-state index in [1.54, 1.807) is 0 Å². The largest absolute Gasteiger partial charge is 0.469 e. The van der Waals surface area contributed by atoms with Crippen LogP contribution in [0.4, 0.5) is 0 Å². The first-order valence-electron chi connectivity index (χ1n) is 17.2. The summed E-state index contributed by atoms with van der Waals surface area (Å²) in [4.78, 5) is 30.5. The van der Waals surface area contributed by atoms with Gasteiger partial charge in [0.25, 0.3) is 0 Å². The van der Waals surface area contributed by atoms with E-state index in [0.29, 0.717) is 12.8 Å². The molecule has 0 N–H and O–H groups in total. The molecule has 0 saturated carbocycles. The van der Waals surface area contributed by atoms with Crippen molar-refractivity contribution in [3.05, 3.63) is 144 Å². The van der Waals surface area contributed by atoms with E-state index in [0.717, 1.165) is 38.8 Å². The first-order chi connectivity index (χ1) is 23.4. The molecule has 4 aromatic rings. The highest BCUT2D eigenvalue weighted by Gasteiger charge is 2.29. The average Bonchev–Trinajstić information content (AvgIpc) is 3.14. The zero-order valence-corrected chi connectivity index (χ0v) is 29.0. The van der Waals surface area contributed by atoms with Gasteiger partial charge in [0, 0.05) is 37.3 Å². The van der Waals surface area contributed by atoms with Crippen molar-refractivity contribution < 1.29 is 19.1 Å². The quantitative estimate of drug-likeness (QED) is 0.0748. The Balaban J connectivity index is 1.55.